The molecule has 4 nitrogen and oxygen atoms in total. The number of carbonyl (C=O) groups excluding carboxylic acids is 1. The Morgan fingerprint density at radius 1 is 1.62 bits per heavy atom. The first-order valence-corrected chi connectivity index (χ1v) is 4.69. The smallest absolute Gasteiger partial charge is 0.325 e. The molecule has 1 saturated carbocycles. The second-order valence-corrected chi connectivity index (χ2v) is 3.20. The fourth-order valence-corrected chi connectivity index (χ4v) is 1.13. The normalized spacial score (nSPS) is 18.3. The van der Waals surface area contributed by atoms with Crippen molar-refractivity contribution in [2.75, 3.05) is 20.3 Å². The lowest BCUT2D eigenvalue weighted by molar-refractivity contribution is -0.147. The molecule has 0 aliphatic heterocycles. The van der Waals surface area contributed by atoms with Crippen LogP contribution in [0.15, 0.2) is 0 Å². The number of nitrogens with one attached hydrogen (secondary N) is 1. The van der Waals surface area contributed by atoms with E-state index < -0.39 is 0 Å². The minimum Gasteiger partial charge on any atom is -0.465 e. The van der Waals surface area contributed by atoms with Gasteiger partial charge in [0.15, 0.2) is 0 Å². The molecule has 0 spiro atoms. The maximum atomic E-state index is 11.3. The van der Waals surface area contributed by atoms with Crippen molar-refractivity contribution in [2.45, 2.75) is 31.8 Å². The highest BCUT2D eigenvalue weighted by Gasteiger charge is 2.28. The van der Waals surface area contributed by atoms with Crippen LogP contribution in [0.2, 0.25) is 0 Å². The van der Waals surface area contributed by atoms with E-state index in [9.17, 15) is 4.79 Å². The number of hydrogen-bond donors (Lipinski definition) is 1. The molecule has 1 atom stereocenters. The van der Waals surface area contributed by atoms with Crippen LogP contribution >= 0.6 is 0 Å². The molecule has 0 unspecified atom stereocenters. The number of methoxy groups -OCH3 is 1. The Bertz CT molecular complexity index is 168. The molecule has 0 aromatic carbocycles. The van der Waals surface area contributed by atoms with Crippen LogP contribution in [-0.4, -0.2) is 38.4 Å². The molecular weight excluding hydrogens is 170 g/mol. The number of hydrogen-bond acceptors (Lipinski definition) is 4. The fraction of sp³-hybridized carbons (Fsp3) is 0.889. The van der Waals surface area contributed by atoms with Crippen molar-refractivity contribution < 1.29 is 14.3 Å². The summed E-state index contributed by atoms with van der Waals surface area (Å²) in [6.07, 6.45) is 2.30. The molecule has 0 aromatic heterocycles. The molecule has 0 saturated heterocycles. The first-order chi connectivity index (χ1) is 6.27. The van der Waals surface area contributed by atoms with E-state index in [1.54, 1.807) is 14.0 Å². The Morgan fingerprint density at radius 3 is 2.77 bits per heavy atom. The van der Waals surface area contributed by atoms with E-state index in [4.69, 9.17) is 9.47 Å². The minimum absolute atomic E-state index is 0.212. The Hall–Kier alpha value is -0.610. The Morgan fingerprint density at radius 2 is 2.31 bits per heavy atom. The molecule has 0 amide bonds. The first-order valence-electron chi connectivity index (χ1n) is 4.69. The third-order valence-corrected chi connectivity index (χ3v) is 1.92. The second-order valence-electron chi connectivity index (χ2n) is 3.20. The van der Waals surface area contributed by atoms with Gasteiger partial charge in [-0.3, -0.25) is 10.1 Å². The molecule has 0 radical (unpaired) electrons. The largest absolute Gasteiger partial charge is 0.465 e. The highest BCUT2D eigenvalue weighted by atomic mass is 16.5. The number of carbonyl (C=O) groups is 1. The zero-order chi connectivity index (χ0) is 9.68. The fourth-order valence-electron chi connectivity index (χ4n) is 1.13. The van der Waals surface area contributed by atoms with Gasteiger partial charge < -0.3 is 9.47 Å². The van der Waals surface area contributed by atoms with Gasteiger partial charge in [-0.25, -0.2) is 0 Å². The lowest BCUT2D eigenvalue weighted by Gasteiger charge is -2.15. The predicted molar refractivity (Wildman–Crippen MR) is 48.5 cm³/mol. The lowest BCUT2D eigenvalue weighted by atomic mass is 10.3. The second kappa shape index (κ2) is 5.19. The van der Waals surface area contributed by atoms with Crippen LogP contribution in [-0.2, 0) is 14.3 Å². The van der Waals surface area contributed by atoms with Crippen LogP contribution < -0.4 is 5.32 Å². The molecule has 1 rings (SSSR count). The Kier molecular flexibility index (Phi) is 4.18. The summed E-state index contributed by atoms with van der Waals surface area (Å²) < 4.78 is 9.84. The molecule has 0 aromatic rings. The van der Waals surface area contributed by atoms with Crippen molar-refractivity contribution in [3.8, 4) is 0 Å². The summed E-state index contributed by atoms with van der Waals surface area (Å²) in [6.45, 7) is 2.61. The van der Waals surface area contributed by atoms with Gasteiger partial charge in [0.1, 0.15) is 6.04 Å². The van der Waals surface area contributed by atoms with Crippen LogP contribution in [0.25, 0.3) is 0 Å². The van der Waals surface area contributed by atoms with Gasteiger partial charge in [-0.05, 0) is 19.8 Å². The molecule has 1 fully saturated rings. The number of rotatable bonds is 6. The maximum Gasteiger partial charge on any atom is 0.325 e. The summed E-state index contributed by atoms with van der Waals surface area (Å²) in [4.78, 5) is 11.3. The van der Waals surface area contributed by atoms with Crippen molar-refractivity contribution in [1.29, 1.82) is 0 Å². The summed E-state index contributed by atoms with van der Waals surface area (Å²) in [5.41, 5.74) is 0. The predicted octanol–water partition coefficient (Wildman–Crippen LogP) is 0.316. The summed E-state index contributed by atoms with van der Waals surface area (Å²) in [6, 6.07) is 0.196. The van der Waals surface area contributed by atoms with E-state index in [1.165, 1.54) is 0 Å². The Labute approximate surface area is 78.6 Å². The maximum absolute atomic E-state index is 11.3. The van der Waals surface area contributed by atoms with Crippen molar-refractivity contribution in [3.05, 3.63) is 0 Å². The number of ether oxygens (including phenoxy) is 2. The highest BCUT2D eigenvalue weighted by molar-refractivity contribution is 5.76. The minimum atomic E-state index is -0.294. The standard InChI is InChI=1S/C9H17NO3/c1-3-13-9(11)8(6-12-2)10-7-4-5-7/h7-8,10H,3-6H2,1-2H3/t8-/m1/s1. The summed E-state index contributed by atoms with van der Waals surface area (Å²) in [5.74, 6) is -0.212. The van der Waals surface area contributed by atoms with Gasteiger partial charge in [0.2, 0.25) is 0 Å². The SMILES string of the molecule is CCOC(=O)[C@@H](COC)NC1CC1. The van der Waals surface area contributed by atoms with E-state index in [2.05, 4.69) is 5.32 Å². The van der Waals surface area contributed by atoms with Gasteiger partial charge in [0.05, 0.1) is 13.2 Å². The topological polar surface area (TPSA) is 47.6 Å². The average molecular weight is 187 g/mol. The molecule has 4 heteroatoms. The van der Waals surface area contributed by atoms with E-state index in [1.807, 2.05) is 0 Å². The zero-order valence-corrected chi connectivity index (χ0v) is 8.21. The van der Waals surface area contributed by atoms with Gasteiger partial charge in [-0.15, -0.1) is 0 Å². The van der Waals surface area contributed by atoms with Gasteiger partial charge in [-0.1, -0.05) is 0 Å². The molecule has 13 heavy (non-hydrogen) atoms. The summed E-state index contributed by atoms with van der Waals surface area (Å²) >= 11 is 0. The molecular formula is C9H17NO3. The molecule has 1 aliphatic carbocycles. The first kappa shape index (κ1) is 10.5. The highest BCUT2D eigenvalue weighted by Crippen LogP contribution is 2.19. The van der Waals surface area contributed by atoms with Crippen molar-refractivity contribution in [2.24, 2.45) is 0 Å². The molecule has 76 valence electrons. The van der Waals surface area contributed by atoms with E-state index in [0.717, 1.165) is 12.8 Å². The van der Waals surface area contributed by atoms with Gasteiger partial charge in [0.25, 0.3) is 0 Å². The summed E-state index contributed by atoms with van der Waals surface area (Å²) in [5, 5.41) is 3.18. The lowest BCUT2D eigenvalue weighted by Crippen LogP contribution is -2.42. The molecule has 1 aliphatic rings. The number of esters is 1. The van der Waals surface area contributed by atoms with Crippen LogP contribution in [0.5, 0.6) is 0 Å². The summed E-state index contributed by atoms with van der Waals surface area (Å²) in [7, 11) is 1.58. The monoisotopic (exact) mass is 187 g/mol. The van der Waals surface area contributed by atoms with Crippen LogP contribution in [0, 0.1) is 0 Å². The van der Waals surface area contributed by atoms with Crippen molar-refractivity contribution in [1.82, 2.24) is 5.32 Å². The van der Waals surface area contributed by atoms with Crippen LogP contribution in [0.4, 0.5) is 0 Å². The van der Waals surface area contributed by atoms with E-state index in [-0.39, 0.29) is 12.0 Å². The van der Waals surface area contributed by atoms with Crippen molar-refractivity contribution in [3.63, 3.8) is 0 Å². The zero-order valence-electron chi connectivity index (χ0n) is 8.21. The van der Waals surface area contributed by atoms with Crippen molar-refractivity contribution >= 4 is 5.97 Å². The molecule has 1 N–H and O–H groups in total. The van der Waals surface area contributed by atoms with Gasteiger partial charge >= 0.3 is 5.97 Å². The van der Waals surface area contributed by atoms with Gasteiger partial charge in [-0.2, -0.15) is 0 Å². The quantitative estimate of drug-likeness (QED) is 0.608. The Balaban J connectivity index is 2.29. The van der Waals surface area contributed by atoms with E-state index >= 15 is 0 Å². The van der Waals surface area contributed by atoms with E-state index in [0.29, 0.717) is 19.3 Å². The third-order valence-electron chi connectivity index (χ3n) is 1.92. The van der Waals surface area contributed by atoms with Crippen LogP contribution in [0.3, 0.4) is 0 Å². The van der Waals surface area contributed by atoms with Gasteiger partial charge in [0, 0.05) is 13.2 Å². The molecule has 0 heterocycles. The average Bonchev–Trinajstić information content (AvgIpc) is 2.88. The van der Waals surface area contributed by atoms with Crippen LogP contribution in [0.1, 0.15) is 19.8 Å². The third kappa shape index (κ3) is 3.74. The molecule has 0 bridgehead atoms.